The topological polar surface area (TPSA) is 155 Å². The van der Waals surface area contributed by atoms with Gasteiger partial charge in [0.15, 0.2) is 6.10 Å². The van der Waals surface area contributed by atoms with E-state index in [1.807, 2.05) is 0 Å². The number of aliphatic hydroxyl groups excluding tert-OH is 1. The molecular formula is C68H117O11P. The van der Waals surface area contributed by atoms with Crippen molar-refractivity contribution in [2.75, 3.05) is 26.4 Å². The predicted molar refractivity (Wildman–Crippen MR) is 334 cm³/mol. The zero-order chi connectivity index (χ0) is 58.3. The number of phosphoric acid groups is 1. The monoisotopic (exact) mass is 1140 g/mol. The van der Waals surface area contributed by atoms with Gasteiger partial charge in [0.25, 0.3) is 0 Å². The van der Waals surface area contributed by atoms with Crippen LogP contribution in [0.2, 0.25) is 0 Å². The van der Waals surface area contributed by atoms with E-state index < -0.39 is 57.8 Å². The second-order valence-corrected chi connectivity index (χ2v) is 22.6. The van der Waals surface area contributed by atoms with Crippen LogP contribution in [-0.4, -0.2) is 66.5 Å². The first-order valence-electron chi connectivity index (χ1n) is 32.1. The molecule has 460 valence electrons. The largest absolute Gasteiger partial charge is 0.472 e. The minimum atomic E-state index is -4.77. The van der Waals surface area contributed by atoms with Gasteiger partial charge in [-0.1, -0.05) is 234 Å². The van der Waals surface area contributed by atoms with Crippen LogP contribution < -0.4 is 0 Å². The van der Waals surface area contributed by atoms with E-state index in [9.17, 15) is 28.9 Å². The Labute approximate surface area is 489 Å². The smallest absolute Gasteiger partial charge is 0.462 e. The standard InChI is InChI=1S/C68H117O11P/c1-4-7-10-13-16-19-22-25-28-30-32-34-37-39-42-45-48-51-54-57-66(70)75-61-65(79-68(72)59-56-53-50-47-44-41-38-35-33-31-29-26-23-20-17-14-11-8-5-2)63-77-80(73,74)76-62-64(60-69)78-67(71)58-55-52-49-46-43-40-36-27-24-21-18-15-12-9-6-3/h7,10,16-21,25-29,32,34,36,64-65,69H,4-6,8-9,11-15,22-24,30-31,33,35,37-63H2,1-3H3,(H,73,74)/b10-7-,19-16-,20-17-,21-18-,28-25-,29-26-,34-32-,36-27-. The Morgan fingerprint density at radius 2 is 0.650 bits per heavy atom. The maximum Gasteiger partial charge on any atom is 0.472 e. The fourth-order valence-electron chi connectivity index (χ4n) is 8.58. The summed E-state index contributed by atoms with van der Waals surface area (Å²) in [5.41, 5.74) is 0. The van der Waals surface area contributed by atoms with Gasteiger partial charge in [-0.2, -0.15) is 0 Å². The number of aliphatic hydroxyl groups is 1. The van der Waals surface area contributed by atoms with Crippen molar-refractivity contribution in [1.82, 2.24) is 0 Å². The molecule has 0 fully saturated rings. The number of unbranched alkanes of at least 4 members (excludes halogenated alkanes) is 26. The molecule has 11 nitrogen and oxygen atoms in total. The summed E-state index contributed by atoms with van der Waals surface area (Å²) in [5, 5.41) is 9.85. The van der Waals surface area contributed by atoms with Gasteiger partial charge in [0.05, 0.1) is 19.8 Å². The average Bonchev–Trinajstić information content (AvgIpc) is 3.45. The van der Waals surface area contributed by atoms with Crippen molar-refractivity contribution in [3.05, 3.63) is 97.2 Å². The fourth-order valence-corrected chi connectivity index (χ4v) is 9.37. The summed E-state index contributed by atoms with van der Waals surface area (Å²) in [5.74, 6) is -1.50. The molecule has 2 N–H and O–H groups in total. The SMILES string of the molecule is CC/C=C\C/C=C\C/C=C\C/C=C\CCCCCCCCC(=O)OCC(COP(=O)(O)OCC(CO)OC(=O)CCCCCCC/C=C\C/C=C\CCCCC)OC(=O)CCCCCCCCCCC/C=C\C/C=C\CCCCC. The zero-order valence-electron chi connectivity index (χ0n) is 51.0. The van der Waals surface area contributed by atoms with E-state index in [-0.39, 0.29) is 25.9 Å². The first-order chi connectivity index (χ1) is 39.2. The minimum Gasteiger partial charge on any atom is -0.462 e. The lowest BCUT2D eigenvalue weighted by molar-refractivity contribution is -0.161. The van der Waals surface area contributed by atoms with Crippen LogP contribution in [0.3, 0.4) is 0 Å². The Bertz CT molecular complexity index is 1710. The summed E-state index contributed by atoms with van der Waals surface area (Å²) in [6, 6.07) is 0. The summed E-state index contributed by atoms with van der Waals surface area (Å²) in [4.78, 5) is 48.8. The van der Waals surface area contributed by atoms with Crippen LogP contribution in [0, 0.1) is 0 Å². The average molecular weight is 1140 g/mol. The highest BCUT2D eigenvalue weighted by Gasteiger charge is 2.28. The van der Waals surface area contributed by atoms with Gasteiger partial charge in [0, 0.05) is 19.3 Å². The van der Waals surface area contributed by atoms with Crippen molar-refractivity contribution >= 4 is 25.7 Å². The Morgan fingerprint density at radius 1 is 0.362 bits per heavy atom. The van der Waals surface area contributed by atoms with Crippen LogP contribution in [-0.2, 0) is 42.2 Å². The molecule has 0 rings (SSSR count). The maximum atomic E-state index is 13.0. The minimum absolute atomic E-state index is 0.155. The quantitative estimate of drug-likeness (QED) is 0.0197. The Kier molecular flexibility index (Phi) is 58.7. The van der Waals surface area contributed by atoms with Crippen molar-refractivity contribution in [1.29, 1.82) is 0 Å². The number of phosphoric ester groups is 1. The highest BCUT2D eigenvalue weighted by Crippen LogP contribution is 2.43. The molecule has 0 saturated carbocycles. The number of ether oxygens (including phenoxy) is 3. The summed E-state index contributed by atoms with van der Waals surface area (Å²) in [7, 11) is -4.77. The van der Waals surface area contributed by atoms with E-state index in [1.165, 1.54) is 77.0 Å². The summed E-state index contributed by atoms with van der Waals surface area (Å²) < 4.78 is 39.7. The third-order valence-electron chi connectivity index (χ3n) is 13.5. The molecule has 0 bridgehead atoms. The van der Waals surface area contributed by atoms with Gasteiger partial charge in [0.2, 0.25) is 0 Å². The van der Waals surface area contributed by atoms with Gasteiger partial charge in [-0.25, -0.2) is 4.57 Å². The molecular weight excluding hydrogens is 1020 g/mol. The molecule has 0 aliphatic rings. The number of esters is 3. The van der Waals surface area contributed by atoms with Crippen molar-refractivity contribution in [2.24, 2.45) is 0 Å². The third-order valence-corrected chi connectivity index (χ3v) is 14.4. The number of carbonyl (C=O) groups is 3. The third kappa shape index (κ3) is 59.0. The summed E-state index contributed by atoms with van der Waals surface area (Å²) in [6.07, 6.45) is 73.5. The van der Waals surface area contributed by atoms with Gasteiger partial charge < -0.3 is 24.2 Å². The Hall–Kier alpha value is -3.60. The lowest BCUT2D eigenvalue weighted by atomic mass is 10.1. The second kappa shape index (κ2) is 61.5. The Balaban J connectivity index is 4.75. The number of carbonyl (C=O) groups excluding carboxylic acids is 3. The fraction of sp³-hybridized carbons (Fsp3) is 0.721. The first kappa shape index (κ1) is 76.4. The lowest BCUT2D eigenvalue weighted by Crippen LogP contribution is -2.30. The van der Waals surface area contributed by atoms with E-state index in [1.54, 1.807) is 0 Å². The van der Waals surface area contributed by atoms with Crippen LogP contribution >= 0.6 is 7.82 Å². The lowest BCUT2D eigenvalue weighted by Gasteiger charge is -2.21. The second-order valence-electron chi connectivity index (χ2n) is 21.2. The van der Waals surface area contributed by atoms with E-state index in [4.69, 9.17) is 23.3 Å². The normalized spacial score (nSPS) is 13.9. The number of hydrogen-bond donors (Lipinski definition) is 2. The molecule has 0 spiro atoms. The molecule has 12 heteroatoms. The molecule has 3 unspecified atom stereocenters. The van der Waals surface area contributed by atoms with Crippen LogP contribution in [0.5, 0.6) is 0 Å². The van der Waals surface area contributed by atoms with Gasteiger partial charge in [-0.3, -0.25) is 23.4 Å². The van der Waals surface area contributed by atoms with Gasteiger partial charge in [0.1, 0.15) is 12.7 Å². The highest BCUT2D eigenvalue weighted by atomic mass is 31.2. The van der Waals surface area contributed by atoms with Crippen LogP contribution in [0.25, 0.3) is 0 Å². The van der Waals surface area contributed by atoms with E-state index >= 15 is 0 Å². The molecule has 0 aromatic rings. The molecule has 0 aliphatic carbocycles. The molecule has 0 amide bonds. The summed E-state index contributed by atoms with van der Waals surface area (Å²) in [6.45, 7) is 4.47. The van der Waals surface area contributed by atoms with Crippen LogP contribution in [0.4, 0.5) is 0 Å². The van der Waals surface area contributed by atoms with E-state index in [0.29, 0.717) is 19.3 Å². The highest BCUT2D eigenvalue weighted by molar-refractivity contribution is 7.47. The maximum absolute atomic E-state index is 13.0. The number of allylic oxidation sites excluding steroid dienone is 16. The predicted octanol–water partition coefficient (Wildman–Crippen LogP) is 19.6. The molecule has 0 aliphatic heterocycles. The van der Waals surface area contributed by atoms with Crippen molar-refractivity contribution < 1.29 is 52.2 Å². The molecule has 0 aromatic carbocycles. The molecule has 80 heavy (non-hydrogen) atoms. The molecule has 0 saturated heterocycles. The van der Waals surface area contributed by atoms with Crippen LogP contribution in [0.1, 0.15) is 278 Å². The first-order valence-corrected chi connectivity index (χ1v) is 33.6. The Morgan fingerprint density at radius 3 is 1.00 bits per heavy atom. The van der Waals surface area contributed by atoms with Gasteiger partial charge in [-0.15, -0.1) is 0 Å². The van der Waals surface area contributed by atoms with E-state index in [0.717, 1.165) is 141 Å². The molecule has 0 heterocycles. The van der Waals surface area contributed by atoms with Gasteiger partial charge in [-0.05, 0) is 122 Å². The molecule has 0 radical (unpaired) electrons. The van der Waals surface area contributed by atoms with Crippen molar-refractivity contribution in [3.63, 3.8) is 0 Å². The summed E-state index contributed by atoms with van der Waals surface area (Å²) >= 11 is 0. The van der Waals surface area contributed by atoms with Crippen molar-refractivity contribution in [3.8, 4) is 0 Å². The number of hydrogen-bond acceptors (Lipinski definition) is 10. The molecule has 0 aromatic heterocycles. The van der Waals surface area contributed by atoms with Crippen molar-refractivity contribution in [2.45, 2.75) is 290 Å². The van der Waals surface area contributed by atoms with E-state index in [2.05, 4.69) is 118 Å². The molecule has 3 atom stereocenters. The van der Waals surface area contributed by atoms with Crippen LogP contribution in [0.15, 0.2) is 97.2 Å². The number of rotatable bonds is 59. The van der Waals surface area contributed by atoms with Gasteiger partial charge >= 0.3 is 25.7 Å². The zero-order valence-corrected chi connectivity index (χ0v) is 51.9.